The molecule has 3 aromatic rings. The standard InChI is InChI=1S/C21H22N4O/c1-25(18-12-6-3-7-13-18)20-15-14-19(23-24-20)21(26)22-16-8-11-17-9-4-2-5-10-17/h2-7,9-10,12-15H,8,11,16H2,1H3,(H,22,26). The minimum atomic E-state index is -0.195. The van der Waals surface area contributed by atoms with Gasteiger partial charge in [-0.2, -0.15) is 0 Å². The number of anilines is 2. The second-order valence-electron chi connectivity index (χ2n) is 6.02. The highest BCUT2D eigenvalue weighted by molar-refractivity contribution is 5.92. The molecule has 0 fully saturated rings. The summed E-state index contributed by atoms with van der Waals surface area (Å²) in [5, 5.41) is 11.1. The third-order valence-corrected chi connectivity index (χ3v) is 4.14. The number of aromatic nitrogens is 2. The first-order chi connectivity index (χ1) is 12.7. The number of carbonyl (C=O) groups excluding carboxylic acids is 1. The Hall–Kier alpha value is -3.21. The van der Waals surface area contributed by atoms with Gasteiger partial charge in [0, 0.05) is 19.3 Å². The predicted octanol–water partition coefficient (Wildman–Crippen LogP) is 3.61. The van der Waals surface area contributed by atoms with Gasteiger partial charge in [-0.05, 0) is 42.7 Å². The Labute approximate surface area is 153 Å². The Kier molecular flexibility index (Phi) is 5.93. The molecule has 1 heterocycles. The smallest absolute Gasteiger partial charge is 0.271 e. The lowest BCUT2D eigenvalue weighted by atomic mass is 10.1. The maximum absolute atomic E-state index is 12.2. The highest BCUT2D eigenvalue weighted by Gasteiger charge is 2.10. The lowest BCUT2D eigenvalue weighted by Crippen LogP contribution is -2.26. The summed E-state index contributed by atoms with van der Waals surface area (Å²) < 4.78 is 0. The minimum absolute atomic E-state index is 0.195. The second-order valence-corrected chi connectivity index (χ2v) is 6.02. The summed E-state index contributed by atoms with van der Waals surface area (Å²) in [6.45, 7) is 0.612. The van der Waals surface area contributed by atoms with Crippen LogP contribution in [-0.2, 0) is 6.42 Å². The number of nitrogens with one attached hydrogen (secondary N) is 1. The fourth-order valence-electron chi connectivity index (χ4n) is 2.64. The van der Waals surface area contributed by atoms with Crippen LogP contribution in [0.25, 0.3) is 0 Å². The highest BCUT2D eigenvalue weighted by atomic mass is 16.1. The van der Waals surface area contributed by atoms with Gasteiger partial charge >= 0.3 is 0 Å². The molecule has 0 spiro atoms. The topological polar surface area (TPSA) is 58.1 Å². The zero-order chi connectivity index (χ0) is 18.2. The van der Waals surface area contributed by atoms with Crippen molar-refractivity contribution in [2.45, 2.75) is 12.8 Å². The van der Waals surface area contributed by atoms with Crippen molar-refractivity contribution in [3.63, 3.8) is 0 Å². The average molecular weight is 346 g/mol. The molecule has 26 heavy (non-hydrogen) atoms. The molecule has 5 nitrogen and oxygen atoms in total. The van der Waals surface area contributed by atoms with Gasteiger partial charge in [0.25, 0.3) is 5.91 Å². The Morgan fingerprint density at radius 3 is 2.27 bits per heavy atom. The van der Waals surface area contributed by atoms with E-state index in [4.69, 9.17) is 0 Å². The zero-order valence-corrected chi connectivity index (χ0v) is 14.8. The molecule has 0 aliphatic heterocycles. The van der Waals surface area contributed by atoms with E-state index in [0.29, 0.717) is 18.1 Å². The Bertz CT molecular complexity index is 820. The van der Waals surface area contributed by atoms with Crippen LogP contribution in [0.1, 0.15) is 22.5 Å². The summed E-state index contributed by atoms with van der Waals surface area (Å²) in [5.74, 6) is 0.497. The van der Waals surface area contributed by atoms with Crippen molar-refractivity contribution in [3.05, 3.63) is 84.1 Å². The molecule has 0 unspecified atom stereocenters. The summed E-state index contributed by atoms with van der Waals surface area (Å²) >= 11 is 0. The van der Waals surface area contributed by atoms with E-state index in [1.54, 1.807) is 12.1 Å². The number of benzene rings is 2. The molecule has 1 aromatic heterocycles. The number of rotatable bonds is 7. The molecule has 0 atom stereocenters. The molecule has 0 radical (unpaired) electrons. The van der Waals surface area contributed by atoms with Gasteiger partial charge in [0.05, 0.1) is 0 Å². The van der Waals surface area contributed by atoms with Crippen LogP contribution < -0.4 is 10.2 Å². The van der Waals surface area contributed by atoms with Crippen LogP contribution in [0.15, 0.2) is 72.8 Å². The van der Waals surface area contributed by atoms with Gasteiger partial charge < -0.3 is 10.2 Å². The van der Waals surface area contributed by atoms with Crippen LogP contribution >= 0.6 is 0 Å². The monoisotopic (exact) mass is 346 g/mol. The maximum atomic E-state index is 12.2. The molecule has 1 amide bonds. The van der Waals surface area contributed by atoms with E-state index in [0.717, 1.165) is 18.5 Å². The highest BCUT2D eigenvalue weighted by Crippen LogP contribution is 2.20. The number of aryl methyl sites for hydroxylation is 1. The predicted molar refractivity (Wildman–Crippen MR) is 104 cm³/mol. The van der Waals surface area contributed by atoms with Gasteiger partial charge in [0.2, 0.25) is 0 Å². The van der Waals surface area contributed by atoms with Crippen molar-refractivity contribution in [2.24, 2.45) is 0 Å². The first-order valence-corrected chi connectivity index (χ1v) is 8.68. The van der Waals surface area contributed by atoms with E-state index in [-0.39, 0.29) is 5.91 Å². The maximum Gasteiger partial charge on any atom is 0.271 e. The summed E-state index contributed by atoms with van der Waals surface area (Å²) in [4.78, 5) is 14.1. The average Bonchev–Trinajstić information content (AvgIpc) is 2.72. The summed E-state index contributed by atoms with van der Waals surface area (Å²) in [6, 6.07) is 23.6. The van der Waals surface area contributed by atoms with Gasteiger partial charge in [-0.15, -0.1) is 10.2 Å². The van der Waals surface area contributed by atoms with Gasteiger partial charge in [-0.25, -0.2) is 0 Å². The molecular formula is C21H22N4O. The number of para-hydroxylation sites is 1. The van der Waals surface area contributed by atoms with Gasteiger partial charge in [0.15, 0.2) is 11.5 Å². The van der Waals surface area contributed by atoms with E-state index in [1.165, 1.54) is 5.56 Å². The van der Waals surface area contributed by atoms with Crippen molar-refractivity contribution in [1.29, 1.82) is 0 Å². The van der Waals surface area contributed by atoms with E-state index in [2.05, 4.69) is 27.6 Å². The molecular weight excluding hydrogens is 324 g/mol. The molecule has 132 valence electrons. The first kappa shape index (κ1) is 17.6. The van der Waals surface area contributed by atoms with Crippen LogP contribution in [0.2, 0.25) is 0 Å². The first-order valence-electron chi connectivity index (χ1n) is 8.68. The SMILES string of the molecule is CN(c1ccccc1)c1ccc(C(=O)NCCCc2ccccc2)nn1. The molecule has 0 aliphatic rings. The Balaban J connectivity index is 1.50. The van der Waals surface area contributed by atoms with Crippen LogP contribution in [0.4, 0.5) is 11.5 Å². The number of amides is 1. The fraction of sp³-hybridized carbons (Fsp3) is 0.190. The summed E-state index contributed by atoms with van der Waals surface area (Å²) in [7, 11) is 1.92. The second kappa shape index (κ2) is 8.76. The molecule has 2 aromatic carbocycles. The van der Waals surface area contributed by atoms with Crippen molar-refractivity contribution in [2.75, 3.05) is 18.5 Å². The molecule has 0 aliphatic carbocycles. The Morgan fingerprint density at radius 1 is 0.923 bits per heavy atom. The lowest BCUT2D eigenvalue weighted by Gasteiger charge is -2.17. The quantitative estimate of drug-likeness (QED) is 0.664. The van der Waals surface area contributed by atoms with Crippen molar-refractivity contribution in [1.82, 2.24) is 15.5 Å². The molecule has 0 saturated carbocycles. The number of nitrogens with zero attached hydrogens (tertiary/aromatic N) is 3. The van der Waals surface area contributed by atoms with E-state index >= 15 is 0 Å². The van der Waals surface area contributed by atoms with Gasteiger partial charge in [0.1, 0.15) is 0 Å². The Morgan fingerprint density at radius 2 is 1.62 bits per heavy atom. The molecule has 5 heteroatoms. The van der Waals surface area contributed by atoms with E-state index in [1.807, 2.05) is 60.5 Å². The molecule has 1 N–H and O–H groups in total. The third-order valence-electron chi connectivity index (χ3n) is 4.14. The minimum Gasteiger partial charge on any atom is -0.351 e. The normalized spacial score (nSPS) is 10.3. The van der Waals surface area contributed by atoms with E-state index in [9.17, 15) is 4.79 Å². The molecule has 3 rings (SSSR count). The van der Waals surface area contributed by atoms with Crippen molar-refractivity contribution >= 4 is 17.4 Å². The van der Waals surface area contributed by atoms with Gasteiger partial charge in [-0.3, -0.25) is 4.79 Å². The summed E-state index contributed by atoms with van der Waals surface area (Å²) in [5.41, 5.74) is 2.62. The number of hydrogen-bond acceptors (Lipinski definition) is 4. The van der Waals surface area contributed by atoms with Gasteiger partial charge in [-0.1, -0.05) is 48.5 Å². The van der Waals surface area contributed by atoms with Crippen molar-refractivity contribution < 1.29 is 4.79 Å². The van der Waals surface area contributed by atoms with Crippen LogP contribution in [0.3, 0.4) is 0 Å². The van der Waals surface area contributed by atoms with Crippen molar-refractivity contribution in [3.8, 4) is 0 Å². The summed E-state index contributed by atoms with van der Waals surface area (Å²) in [6.07, 6.45) is 1.83. The molecule has 0 bridgehead atoms. The van der Waals surface area contributed by atoms with Crippen LogP contribution in [0, 0.1) is 0 Å². The van der Waals surface area contributed by atoms with Crippen LogP contribution in [0.5, 0.6) is 0 Å². The number of hydrogen-bond donors (Lipinski definition) is 1. The fourth-order valence-corrected chi connectivity index (χ4v) is 2.64. The number of carbonyl (C=O) groups is 1. The zero-order valence-electron chi connectivity index (χ0n) is 14.8. The van der Waals surface area contributed by atoms with Crippen LogP contribution in [-0.4, -0.2) is 29.7 Å². The van der Waals surface area contributed by atoms with E-state index < -0.39 is 0 Å². The largest absolute Gasteiger partial charge is 0.351 e. The lowest BCUT2D eigenvalue weighted by molar-refractivity contribution is 0.0947. The molecule has 0 saturated heterocycles. The third kappa shape index (κ3) is 4.66.